The Morgan fingerprint density at radius 1 is 1.44 bits per heavy atom. The summed E-state index contributed by atoms with van der Waals surface area (Å²) in [7, 11) is 0. The molecule has 0 spiro atoms. The molecule has 1 N–H and O–H groups in total. The largest absolute Gasteiger partial charge is 0.328 e. The van der Waals surface area contributed by atoms with E-state index in [0.717, 1.165) is 18.5 Å². The molecule has 0 bridgehead atoms. The predicted molar refractivity (Wildman–Crippen MR) is 63.5 cm³/mol. The number of rotatable bonds is 4. The first kappa shape index (κ1) is 10.9. The van der Waals surface area contributed by atoms with Gasteiger partial charge in [0.25, 0.3) is 5.91 Å². The summed E-state index contributed by atoms with van der Waals surface area (Å²) < 4.78 is 0. The summed E-state index contributed by atoms with van der Waals surface area (Å²) in [6.07, 6.45) is 5.30. The Bertz CT molecular complexity index is 521. The van der Waals surface area contributed by atoms with Crippen molar-refractivity contribution in [3.63, 3.8) is 0 Å². The minimum Gasteiger partial charge on any atom is -0.328 e. The van der Waals surface area contributed by atoms with Gasteiger partial charge in [0.15, 0.2) is 5.69 Å². The second-order valence-electron chi connectivity index (χ2n) is 4.34. The molecule has 0 aromatic carbocycles. The summed E-state index contributed by atoms with van der Waals surface area (Å²) in [5.41, 5.74) is 1.25. The van der Waals surface area contributed by atoms with E-state index in [1.807, 2.05) is 23.1 Å². The second-order valence-corrected chi connectivity index (χ2v) is 4.34. The monoisotopic (exact) mass is 243 g/mol. The van der Waals surface area contributed by atoms with E-state index in [9.17, 15) is 4.79 Å². The quantitative estimate of drug-likeness (QED) is 0.869. The van der Waals surface area contributed by atoms with Crippen LogP contribution in [0.3, 0.4) is 0 Å². The van der Waals surface area contributed by atoms with Gasteiger partial charge >= 0.3 is 0 Å². The highest BCUT2D eigenvalue weighted by Gasteiger charge is 2.34. The van der Waals surface area contributed by atoms with Crippen LogP contribution in [0.15, 0.2) is 30.6 Å². The van der Waals surface area contributed by atoms with E-state index < -0.39 is 0 Å². The fourth-order valence-electron chi connectivity index (χ4n) is 1.87. The van der Waals surface area contributed by atoms with Crippen LogP contribution in [0.1, 0.15) is 29.0 Å². The fraction of sp³-hybridized carbons (Fsp3) is 0.333. The molecule has 3 rings (SSSR count). The average molecular weight is 243 g/mol. The van der Waals surface area contributed by atoms with Crippen LogP contribution < -0.4 is 0 Å². The number of pyridine rings is 1. The van der Waals surface area contributed by atoms with Gasteiger partial charge in [-0.25, -0.2) is 0 Å². The van der Waals surface area contributed by atoms with Crippen LogP contribution in [0.5, 0.6) is 0 Å². The van der Waals surface area contributed by atoms with Crippen LogP contribution in [-0.2, 0) is 6.54 Å². The summed E-state index contributed by atoms with van der Waals surface area (Å²) in [6, 6.07) is 6.03. The van der Waals surface area contributed by atoms with Crippen molar-refractivity contribution in [2.24, 2.45) is 0 Å². The first-order valence-electron chi connectivity index (χ1n) is 5.91. The fourth-order valence-corrected chi connectivity index (χ4v) is 1.87. The predicted octanol–water partition coefficient (Wildman–Crippen LogP) is 1.00. The highest BCUT2D eigenvalue weighted by atomic mass is 16.2. The van der Waals surface area contributed by atoms with Gasteiger partial charge in [-0.1, -0.05) is 6.07 Å². The van der Waals surface area contributed by atoms with Gasteiger partial charge in [0.1, 0.15) is 0 Å². The maximum absolute atomic E-state index is 12.3. The summed E-state index contributed by atoms with van der Waals surface area (Å²) in [4.78, 5) is 18.3. The molecule has 0 radical (unpaired) electrons. The number of carbonyl (C=O) groups excluding carboxylic acids is 1. The standard InChI is InChI=1S/C12H13N5O/c18-12(11-7-14-16-15-11)17(10-4-5-10)8-9-3-1-2-6-13-9/h1-3,6-7,10H,4-5,8H2,(H,14,15,16). The molecule has 0 atom stereocenters. The first-order valence-corrected chi connectivity index (χ1v) is 5.91. The lowest BCUT2D eigenvalue weighted by molar-refractivity contribution is 0.0721. The van der Waals surface area contributed by atoms with Crippen LogP contribution in [0.4, 0.5) is 0 Å². The van der Waals surface area contributed by atoms with E-state index >= 15 is 0 Å². The van der Waals surface area contributed by atoms with Gasteiger partial charge in [-0.05, 0) is 25.0 Å². The Balaban J connectivity index is 1.79. The summed E-state index contributed by atoms with van der Waals surface area (Å²) in [6.45, 7) is 0.525. The Hall–Kier alpha value is -2.24. The molecule has 0 saturated heterocycles. The van der Waals surface area contributed by atoms with Crippen LogP contribution in [0.2, 0.25) is 0 Å². The molecule has 2 heterocycles. The van der Waals surface area contributed by atoms with Crippen molar-refractivity contribution in [3.8, 4) is 0 Å². The van der Waals surface area contributed by atoms with E-state index in [2.05, 4.69) is 20.4 Å². The third-order valence-corrected chi connectivity index (χ3v) is 2.94. The lowest BCUT2D eigenvalue weighted by Crippen LogP contribution is -2.33. The highest BCUT2D eigenvalue weighted by Crippen LogP contribution is 2.29. The Morgan fingerprint density at radius 2 is 2.33 bits per heavy atom. The van der Waals surface area contributed by atoms with E-state index in [4.69, 9.17) is 0 Å². The molecule has 6 nitrogen and oxygen atoms in total. The molecular weight excluding hydrogens is 230 g/mol. The van der Waals surface area contributed by atoms with Crippen LogP contribution in [0, 0.1) is 0 Å². The first-order chi connectivity index (χ1) is 8.84. The van der Waals surface area contributed by atoms with E-state index in [1.165, 1.54) is 6.20 Å². The summed E-state index contributed by atoms with van der Waals surface area (Å²) in [5.74, 6) is -0.0862. The molecule has 0 unspecified atom stereocenters. The summed E-state index contributed by atoms with van der Waals surface area (Å²) >= 11 is 0. The van der Waals surface area contributed by atoms with Crippen molar-refractivity contribution in [1.82, 2.24) is 25.3 Å². The smallest absolute Gasteiger partial charge is 0.276 e. The molecule has 0 aliphatic heterocycles. The molecule has 18 heavy (non-hydrogen) atoms. The number of H-pyrrole nitrogens is 1. The third-order valence-electron chi connectivity index (χ3n) is 2.94. The zero-order valence-electron chi connectivity index (χ0n) is 9.78. The van der Waals surface area contributed by atoms with Gasteiger partial charge in [0.2, 0.25) is 0 Å². The van der Waals surface area contributed by atoms with Crippen molar-refractivity contribution in [1.29, 1.82) is 0 Å². The number of nitrogens with one attached hydrogen (secondary N) is 1. The minimum absolute atomic E-state index is 0.0862. The molecule has 6 heteroatoms. The number of carbonyl (C=O) groups is 1. The van der Waals surface area contributed by atoms with Gasteiger partial charge in [-0.15, -0.1) is 0 Å². The molecule has 92 valence electrons. The maximum Gasteiger partial charge on any atom is 0.276 e. The van der Waals surface area contributed by atoms with Crippen LogP contribution >= 0.6 is 0 Å². The number of aromatic nitrogens is 4. The minimum atomic E-state index is -0.0862. The molecule has 1 aliphatic rings. The van der Waals surface area contributed by atoms with Gasteiger partial charge in [-0.3, -0.25) is 9.78 Å². The Morgan fingerprint density at radius 3 is 2.94 bits per heavy atom. The SMILES string of the molecule is O=C(c1cn[nH]n1)N(Cc1ccccn1)C1CC1. The Labute approximate surface area is 104 Å². The number of nitrogens with zero attached hydrogens (tertiary/aromatic N) is 4. The van der Waals surface area contributed by atoms with Crippen molar-refractivity contribution in [2.45, 2.75) is 25.4 Å². The van der Waals surface area contributed by atoms with Crippen LogP contribution in [0.25, 0.3) is 0 Å². The van der Waals surface area contributed by atoms with Gasteiger partial charge < -0.3 is 4.90 Å². The molecule has 2 aromatic rings. The lowest BCUT2D eigenvalue weighted by Gasteiger charge is -2.20. The number of aromatic amines is 1. The van der Waals surface area contributed by atoms with Crippen molar-refractivity contribution in [3.05, 3.63) is 42.0 Å². The number of hydrogen-bond acceptors (Lipinski definition) is 4. The molecule has 2 aromatic heterocycles. The van der Waals surface area contributed by atoms with Crippen LogP contribution in [-0.4, -0.2) is 37.2 Å². The number of hydrogen-bond donors (Lipinski definition) is 1. The molecule has 1 aliphatic carbocycles. The normalized spacial score (nSPS) is 14.4. The van der Waals surface area contributed by atoms with E-state index in [0.29, 0.717) is 18.3 Å². The molecule has 1 saturated carbocycles. The zero-order chi connectivity index (χ0) is 12.4. The average Bonchev–Trinajstić information content (AvgIpc) is 3.10. The second kappa shape index (κ2) is 4.56. The van der Waals surface area contributed by atoms with Gasteiger partial charge in [0, 0.05) is 12.2 Å². The Kier molecular flexibility index (Phi) is 2.76. The number of amides is 1. The topological polar surface area (TPSA) is 74.8 Å². The van der Waals surface area contributed by atoms with Crippen molar-refractivity contribution in [2.75, 3.05) is 0 Å². The lowest BCUT2D eigenvalue weighted by atomic mass is 10.3. The summed E-state index contributed by atoms with van der Waals surface area (Å²) in [5, 5.41) is 9.98. The third kappa shape index (κ3) is 2.22. The highest BCUT2D eigenvalue weighted by molar-refractivity contribution is 5.92. The zero-order valence-corrected chi connectivity index (χ0v) is 9.78. The molecule has 1 amide bonds. The van der Waals surface area contributed by atoms with Crippen molar-refractivity contribution < 1.29 is 4.79 Å². The molecule has 1 fully saturated rings. The van der Waals surface area contributed by atoms with E-state index in [-0.39, 0.29) is 5.91 Å². The van der Waals surface area contributed by atoms with Crippen molar-refractivity contribution >= 4 is 5.91 Å². The van der Waals surface area contributed by atoms with Gasteiger partial charge in [-0.2, -0.15) is 15.4 Å². The maximum atomic E-state index is 12.3. The van der Waals surface area contributed by atoms with E-state index in [1.54, 1.807) is 6.20 Å². The molecular formula is C12H13N5O. The van der Waals surface area contributed by atoms with Gasteiger partial charge in [0.05, 0.1) is 18.4 Å².